The molecule has 3 atom stereocenters. The third kappa shape index (κ3) is 15.3. The molecule has 4 rings (SSSR count). The lowest BCUT2D eigenvalue weighted by Gasteiger charge is -2.32. The first-order chi connectivity index (χ1) is 30.9. The van der Waals surface area contributed by atoms with Crippen LogP contribution in [-0.2, 0) is 39.2 Å². The zero-order valence-corrected chi connectivity index (χ0v) is 38.9. The molecule has 1 saturated heterocycles. The van der Waals surface area contributed by atoms with E-state index in [-0.39, 0.29) is 43.2 Å². The van der Waals surface area contributed by atoms with E-state index >= 15 is 0 Å². The number of nitrogens with one attached hydrogen (secondary N) is 3. The van der Waals surface area contributed by atoms with Gasteiger partial charge in [-0.25, -0.2) is 4.79 Å². The minimum absolute atomic E-state index is 0.0371. The minimum atomic E-state index is -3.61. The first-order valence-corrected chi connectivity index (χ1v) is 23.9. The van der Waals surface area contributed by atoms with Crippen molar-refractivity contribution in [1.29, 1.82) is 0 Å². The number of carbonyl (C=O) groups is 5. The van der Waals surface area contributed by atoms with E-state index in [0.717, 1.165) is 49.5 Å². The fourth-order valence-electron chi connectivity index (χ4n) is 7.21. The van der Waals surface area contributed by atoms with E-state index < -0.39 is 43.2 Å². The zero-order valence-electron chi connectivity index (χ0n) is 38.0. The van der Waals surface area contributed by atoms with Gasteiger partial charge in [-0.2, -0.15) is 5.06 Å². The highest BCUT2D eigenvalue weighted by atomic mass is 31.2. The molecule has 1 unspecified atom stereocenters. The monoisotopic (exact) mass is 908 g/mol. The van der Waals surface area contributed by atoms with Crippen molar-refractivity contribution in [1.82, 2.24) is 25.9 Å². The first-order valence-electron chi connectivity index (χ1n) is 22.2. The Hall–Kier alpha value is -5.00. The number of carbonyl (C=O) groups excluding carboxylic acids is 5. The van der Waals surface area contributed by atoms with Crippen molar-refractivity contribution in [3.05, 3.63) is 76.5 Å². The molecule has 1 fully saturated rings. The first kappa shape index (κ1) is 51.6. The predicted octanol–water partition coefficient (Wildman–Crippen LogP) is 6.88. The number of benzene rings is 2. The maximum atomic E-state index is 13.8. The van der Waals surface area contributed by atoms with Crippen molar-refractivity contribution in [3.8, 4) is 17.1 Å². The van der Waals surface area contributed by atoms with E-state index in [1.165, 1.54) is 19.6 Å². The van der Waals surface area contributed by atoms with Crippen LogP contribution in [0.1, 0.15) is 115 Å². The van der Waals surface area contributed by atoms with Gasteiger partial charge in [0, 0.05) is 25.2 Å². The van der Waals surface area contributed by atoms with Gasteiger partial charge < -0.3 is 43.6 Å². The van der Waals surface area contributed by atoms with Crippen LogP contribution < -0.4 is 20.7 Å². The number of hydrogen-bond acceptors (Lipinski definition) is 13. The van der Waals surface area contributed by atoms with Crippen molar-refractivity contribution in [2.24, 2.45) is 5.92 Å². The van der Waals surface area contributed by atoms with Crippen LogP contribution in [0.3, 0.4) is 0 Å². The fraction of sp³-hybridized carbons (Fsp3) is 0.533. The molecule has 1 aliphatic heterocycles. The van der Waals surface area contributed by atoms with Crippen LogP contribution in [0.15, 0.2) is 52.9 Å². The molecule has 1 aromatic heterocycles. The van der Waals surface area contributed by atoms with Crippen molar-refractivity contribution < 1.29 is 56.2 Å². The van der Waals surface area contributed by atoms with Crippen LogP contribution in [0.4, 0.5) is 0 Å². The summed E-state index contributed by atoms with van der Waals surface area (Å²) in [5.74, 6) is -2.53. The Balaban J connectivity index is 1.38. The van der Waals surface area contributed by atoms with Crippen LogP contribution in [0.25, 0.3) is 11.3 Å². The van der Waals surface area contributed by atoms with Crippen LogP contribution in [0.2, 0.25) is 6.82 Å². The molecule has 0 aliphatic carbocycles. The number of ether oxygens (including phenoxy) is 2. The number of hydrogen-bond donors (Lipinski definition) is 3. The summed E-state index contributed by atoms with van der Waals surface area (Å²) in [6.07, 6.45) is 4.77. The fourth-order valence-corrected chi connectivity index (χ4v) is 8.50. The summed E-state index contributed by atoms with van der Waals surface area (Å²) < 4.78 is 40.9. The summed E-state index contributed by atoms with van der Waals surface area (Å²) in [6.45, 7) is 14.9. The molecule has 2 heterocycles. The van der Waals surface area contributed by atoms with Gasteiger partial charge in [-0.05, 0) is 74.6 Å². The molecular formula is C45H64BN5O12P. The van der Waals surface area contributed by atoms with E-state index in [1.54, 1.807) is 38.0 Å². The second-order valence-corrected chi connectivity index (χ2v) is 17.3. The maximum absolute atomic E-state index is 13.8. The molecule has 3 aromatic rings. The minimum Gasteiger partial charge on any atom is -0.493 e. The van der Waals surface area contributed by atoms with Crippen LogP contribution in [0, 0.1) is 12.8 Å². The number of hydroxylamine groups is 2. The molecule has 19 heteroatoms. The average Bonchev–Trinajstić information content (AvgIpc) is 3.79. The molecule has 17 nitrogen and oxygen atoms in total. The van der Waals surface area contributed by atoms with Gasteiger partial charge in [0.2, 0.25) is 12.3 Å². The van der Waals surface area contributed by atoms with Gasteiger partial charge in [-0.3, -0.25) is 28.6 Å². The molecule has 349 valence electrons. The molecule has 64 heavy (non-hydrogen) atoms. The Morgan fingerprint density at radius 3 is 2.34 bits per heavy atom. The number of aryl methyl sites for hydroxylation is 1. The van der Waals surface area contributed by atoms with Gasteiger partial charge in [0.25, 0.3) is 11.8 Å². The quantitative estimate of drug-likeness (QED) is 0.0170. The number of furan rings is 1. The standard InChI is InChI=1S/C45H64BN5O12P/c1-7-11-13-14-36(38(9-3)51(31-52)62-45(56)35-17-15-33(26-32(35)5)28-50-21-24-58-25-22-50)42(53)47-29-48-44(55)40-20-19-39(61-40)34-16-18-37(41(27-34)59-10-4)43(54)49-30-64(57,63-46-6)60-23-12-8-2/h15-20,26-27,31,36,38H,7-14,21-25,28-30H2,1-6H3,(H,47,53)(H,48,55)(H,49,54)/t36-,38-,64?/m1/s1. The van der Waals surface area contributed by atoms with Crippen molar-refractivity contribution in [2.45, 2.75) is 99.0 Å². The maximum Gasteiger partial charge on any atom is 0.363 e. The van der Waals surface area contributed by atoms with E-state index in [4.69, 9.17) is 27.7 Å². The zero-order chi connectivity index (χ0) is 46.5. The van der Waals surface area contributed by atoms with Gasteiger partial charge in [0.1, 0.15) is 17.8 Å². The summed E-state index contributed by atoms with van der Waals surface area (Å²) in [6, 6.07) is 12.5. The van der Waals surface area contributed by atoms with Crippen molar-refractivity contribution in [3.63, 3.8) is 0 Å². The number of unbranched alkanes of at least 4 members (excludes halogenated alkanes) is 3. The Bertz CT molecular complexity index is 2040. The highest BCUT2D eigenvalue weighted by molar-refractivity contribution is 7.54. The molecule has 0 spiro atoms. The second-order valence-electron chi connectivity index (χ2n) is 15.3. The van der Waals surface area contributed by atoms with Crippen molar-refractivity contribution in [2.75, 3.05) is 52.5 Å². The highest BCUT2D eigenvalue weighted by Gasteiger charge is 2.34. The second kappa shape index (κ2) is 26.7. The normalized spacial score (nSPS) is 14.7. The lowest BCUT2D eigenvalue weighted by atomic mass is 9.90. The molecule has 3 N–H and O–H groups in total. The summed E-state index contributed by atoms with van der Waals surface area (Å²) >= 11 is 0. The number of amides is 4. The van der Waals surface area contributed by atoms with Crippen LogP contribution in [-0.4, -0.2) is 106 Å². The van der Waals surface area contributed by atoms with Gasteiger partial charge in [0.05, 0.1) is 56.2 Å². The predicted molar refractivity (Wildman–Crippen MR) is 242 cm³/mol. The van der Waals surface area contributed by atoms with E-state index in [2.05, 4.69) is 20.9 Å². The molecule has 0 bridgehead atoms. The number of rotatable bonds is 28. The average molecular weight is 909 g/mol. The largest absolute Gasteiger partial charge is 0.493 e. The molecule has 1 aliphatic rings. The summed E-state index contributed by atoms with van der Waals surface area (Å²) in [7, 11) is -2.35. The molecule has 2 aromatic carbocycles. The van der Waals surface area contributed by atoms with Gasteiger partial charge in [0.15, 0.2) is 5.76 Å². The van der Waals surface area contributed by atoms with Gasteiger partial charge >= 0.3 is 21.0 Å². The molecule has 1 radical (unpaired) electrons. The van der Waals surface area contributed by atoms with E-state index in [0.29, 0.717) is 67.8 Å². The number of morpholine rings is 1. The summed E-state index contributed by atoms with van der Waals surface area (Å²) in [5, 5.41) is 8.96. The summed E-state index contributed by atoms with van der Waals surface area (Å²) in [4.78, 5) is 74.0. The Kier molecular flexibility index (Phi) is 21.6. The Labute approximate surface area is 377 Å². The van der Waals surface area contributed by atoms with Crippen LogP contribution in [0.5, 0.6) is 5.75 Å². The molecule has 4 amide bonds. The lowest BCUT2D eigenvalue weighted by molar-refractivity contribution is -0.171. The van der Waals surface area contributed by atoms with Crippen molar-refractivity contribution >= 4 is 45.2 Å². The third-order valence-electron chi connectivity index (χ3n) is 10.6. The van der Waals surface area contributed by atoms with E-state index in [9.17, 15) is 28.5 Å². The highest BCUT2D eigenvalue weighted by Crippen LogP contribution is 2.46. The Morgan fingerprint density at radius 2 is 1.67 bits per heavy atom. The molecule has 0 saturated carbocycles. The lowest BCUT2D eigenvalue weighted by Crippen LogP contribution is -2.49. The summed E-state index contributed by atoms with van der Waals surface area (Å²) in [5.41, 5.74) is 2.76. The van der Waals surface area contributed by atoms with Gasteiger partial charge in [-0.15, -0.1) is 0 Å². The number of nitrogens with zero attached hydrogens (tertiary/aromatic N) is 2. The molecular weight excluding hydrogens is 844 g/mol. The topological polar surface area (TPSA) is 204 Å². The smallest absolute Gasteiger partial charge is 0.363 e. The Morgan fingerprint density at radius 1 is 0.922 bits per heavy atom. The SMILES string of the molecule is C[B]OP(=O)(CNC(=O)c1ccc(-c2ccc(C(=O)NCNC(=O)[C@H](CCCCC)[C@@H](CC)N(C=O)OC(=O)c3ccc(CN4CCOCC4)cc3C)o2)cc1OCC)OCCCC. The third-order valence-corrected chi connectivity index (χ3v) is 12.3. The van der Waals surface area contributed by atoms with Gasteiger partial charge in [-0.1, -0.05) is 71.5 Å². The van der Waals surface area contributed by atoms with E-state index in [1.807, 2.05) is 39.8 Å². The van der Waals surface area contributed by atoms with Crippen LogP contribution >= 0.6 is 7.60 Å².